The molecule has 0 bridgehead atoms. The van der Waals surface area contributed by atoms with Gasteiger partial charge in [0.25, 0.3) is 0 Å². The van der Waals surface area contributed by atoms with Crippen molar-refractivity contribution in [2.75, 3.05) is 13.2 Å². The Kier molecular flexibility index (Phi) is 6.82. The van der Waals surface area contributed by atoms with Crippen molar-refractivity contribution in [1.29, 1.82) is 0 Å². The first kappa shape index (κ1) is 17.0. The number of hydrogen-bond donors (Lipinski definition) is 1. The third-order valence-electron chi connectivity index (χ3n) is 4.34. The van der Waals surface area contributed by atoms with Gasteiger partial charge in [0.15, 0.2) is 0 Å². The summed E-state index contributed by atoms with van der Waals surface area (Å²) in [6.45, 7) is 13.4. The Hall–Kier alpha value is -0.0800. The van der Waals surface area contributed by atoms with Gasteiger partial charge in [-0.15, -0.1) is 0 Å². The fraction of sp³-hybridized carbons (Fsp3) is 1.00. The fourth-order valence-corrected chi connectivity index (χ4v) is 3.30. The Balaban J connectivity index is 2.69. The first-order valence-electron chi connectivity index (χ1n) is 8.31. The van der Waals surface area contributed by atoms with Crippen molar-refractivity contribution in [1.82, 2.24) is 5.32 Å². The molecule has 19 heavy (non-hydrogen) atoms. The quantitative estimate of drug-likeness (QED) is 0.699. The molecule has 1 rings (SSSR count). The third kappa shape index (κ3) is 5.43. The van der Waals surface area contributed by atoms with Crippen LogP contribution in [0.5, 0.6) is 0 Å². The van der Waals surface area contributed by atoms with Gasteiger partial charge in [-0.3, -0.25) is 0 Å². The second kappa shape index (κ2) is 7.64. The summed E-state index contributed by atoms with van der Waals surface area (Å²) >= 11 is 0. The topological polar surface area (TPSA) is 21.3 Å². The number of nitrogens with one attached hydrogen (secondary N) is 1. The first-order valence-corrected chi connectivity index (χ1v) is 8.31. The average Bonchev–Trinajstić information content (AvgIpc) is 2.78. The van der Waals surface area contributed by atoms with E-state index in [4.69, 9.17) is 4.74 Å². The van der Waals surface area contributed by atoms with Crippen molar-refractivity contribution in [3.63, 3.8) is 0 Å². The maximum Gasteiger partial charge on any atom is 0.0834 e. The maximum absolute atomic E-state index is 6.25. The molecule has 1 saturated carbocycles. The molecule has 0 saturated heterocycles. The van der Waals surface area contributed by atoms with E-state index in [1.807, 2.05) is 0 Å². The van der Waals surface area contributed by atoms with Gasteiger partial charge in [0.2, 0.25) is 0 Å². The minimum Gasteiger partial charge on any atom is -0.374 e. The lowest BCUT2D eigenvalue weighted by atomic mass is 9.82. The molecule has 114 valence electrons. The monoisotopic (exact) mass is 269 g/mol. The van der Waals surface area contributed by atoms with Crippen LogP contribution in [0.4, 0.5) is 0 Å². The summed E-state index contributed by atoms with van der Waals surface area (Å²) in [5.74, 6) is 0. The highest BCUT2D eigenvalue weighted by Crippen LogP contribution is 2.39. The molecule has 1 aliphatic carbocycles. The molecule has 0 radical (unpaired) electrons. The van der Waals surface area contributed by atoms with Crippen LogP contribution in [0.15, 0.2) is 0 Å². The summed E-state index contributed by atoms with van der Waals surface area (Å²) in [7, 11) is 0. The zero-order valence-electron chi connectivity index (χ0n) is 13.8. The predicted octanol–water partition coefficient (Wildman–Crippen LogP) is 4.53. The molecule has 0 aromatic heterocycles. The zero-order valence-corrected chi connectivity index (χ0v) is 13.8. The van der Waals surface area contributed by atoms with Crippen molar-refractivity contribution in [3.05, 3.63) is 0 Å². The van der Waals surface area contributed by atoms with E-state index in [1.165, 1.54) is 44.9 Å². The Morgan fingerprint density at radius 1 is 1.16 bits per heavy atom. The summed E-state index contributed by atoms with van der Waals surface area (Å²) in [5.41, 5.74) is 0.535. The Morgan fingerprint density at radius 2 is 1.79 bits per heavy atom. The van der Waals surface area contributed by atoms with Crippen LogP contribution in [0.1, 0.15) is 79.6 Å². The van der Waals surface area contributed by atoms with E-state index in [1.54, 1.807) is 0 Å². The average molecular weight is 269 g/mol. The van der Waals surface area contributed by atoms with Crippen LogP contribution in [0.25, 0.3) is 0 Å². The molecule has 0 heterocycles. The van der Waals surface area contributed by atoms with Crippen molar-refractivity contribution in [3.8, 4) is 0 Å². The van der Waals surface area contributed by atoms with Crippen molar-refractivity contribution < 1.29 is 4.74 Å². The summed E-state index contributed by atoms with van der Waals surface area (Å²) < 4.78 is 6.25. The summed E-state index contributed by atoms with van der Waals surface area (Å²) in [4.78, 5) is 0. The summed E-state index contributed by atoms with van der Waals surface area (Å²) in [6, 6.07) is 0.536. The molecule has 0 aromatic rings. The molecule has 0 spiro atoms. The van der Waals surface area contributed by atoms with Gasteiger partial charge in [0, 0.05) is 12.6 Å². The summed E-state index contributed by atoms with van der Waals surface area (Å²) in [5, 5.41) is 3.78. The van der Waals surface area contributed by atoms with E-state index < -0.39 is 0 Å². The second-order valence-corrected chi connectivity index (χ2v) is 7.31. The van der Waals surface area contributed by atoms with E-state index in [-0.39, 0.29) is 5.60 Å². The van der Waals surface area contributed by atoms with Gasteiger partial charge in [-0.25, -0.2) is 0 Å². The van der Waals surface area contributed by atoms with Gasteiger partial charge in [-0.2, -0.15) is 0 Å². The molecule has 2 heteroatoms. The molecule has 1 N–H and O–H groups in total. The Bertz CT molecular complexity index is 238. The lowest BCUT2D eigenvalue weighted by Gasteiger charge is -2.39. The van der Waals surface area contributed by atoms with E-state index >= 15 is 0 Å². The minimum atomic E-state index is 0.120. The van der Waals surface area contributed by atoms with Crippen molar-refractivity contribution >= 4 is 0 Å². The van der Waals surface area contributed by atoms with Crippen LogP contribution >= 0.6 is 0 Å². The maximum atomic E-state index is 6.25. The van der Waals surface area contributed by atoms with E-state index in [2.05, 4.69) is 39.9 Å². The van der Waals surface area contributed by atoms with E-state index in [9.17, 15) is 0 Å². The molecule has 0 amide bonds. The van der Waals surface area contributed by atoms with Crippen LogP contribution in [0.3, 0.4) is 0 Å². The molecule has 0 aliphatic heterocycles. The highest BCUT2D eigenvalue weighted by molar-refractivity contribution is 4.97. The SMILES string of the molecule is CCCNC(CCC(C)(C)C)C1(OCC)CCCC1. The predicted molar refractivity (Wildman–Crippen MR) is 83.6 cm³/mol. The van der Waals surface area contributed by atoms with Crippen LogP contribution in [-0.4, -0.2) is 24.8 Å². The lowest BCUT2D eigenvalue weighted by Crippen LogP contribution is -2.51. The van der Waals surface area contributed by atoms with Gasteiger partial charge < -0.3 is 10.1 Å². The number of hydrogen-bond acceptors (Lipinski definition) is 2. The zero-order chi connectivity index (χ0) is 14.4. The fourth-order valence-electron chi connectivity index (χ4n) is 3.30. The Morgan fingerprint density at radius 3 is 2.26 bits per heavy atom. The van der Waals surface area contributed by atoms with Crippen molar-refractivity contribution in [2.24, 2.45) is 5.41 Å². The highest BCUT2D eigenvalue weighted by atomic mass is 16.5. The van der Waals surface area contributed by atoms with Crippen LogP contribution in [0.2, 0.25) is 0 Å². The summed E-state index contributed by atoms with van der Waals surface area (Å²) in [6.07, 6.45) is 8.86. The number of ether oxygens (including phenoxy) is 1. The largest absolute Gasteiger partial charge is 0.374 e. The Labute approximate surface area is 120 Å². The minimum absolute atomic E-state index is 0.120. The molecular formula is C17H35NO. The smallest absolute Gasteiger partial charge is 0.0834 e. The normalized spacial score (nSPS) is 20.7. The van der Waals surface area contributed by atoms with Gasteiger partial charge in [0.05, 0.1) is 5.60 Å². The highest BCUT2D eigenvalue weighted by Gasteiger charge is 2.41. The third-order valence-corrected chi connectivity index (χ3v) is 4.34. The standard InChI is InChI=1S/C17H35NO/c1-6-14-18-15(10-13-16(3,4)5)17(19-7-2)11-8-9-12-17/h15,18H,6-14H2,1-5H3. The first-order chi connectivity index (χ1) is 8.93. The van der Waals surface area contributed by atoms with Gasteiger partial charge >= 0.3 is 0 Å². The molecular weight excluding hydrogens is 234 g/mol. The lowest BCUT2D eigenvalue weighted by molar-refractivity contribution is -0.0649. The van der Waals surface area contributed by atoms with Crippen LogP contribution < -0.4 is 5.32 Å². The molecule has 1 aliphatic rings. The molecule has 1 atom stereocenters. The van der Waals surface area contributed by atoms with Gasteiger partial charge in [-0.05, 0) is 51.0 Å². The van der Waals surface area contributed by atoms with Crippen LogP contribution in [-0.2, 0) is 4.74 Å². The van der Waals surface area contributed by atoms with Crippen LogP contribution in [0, 0.1) is 5.41 Å². The van der Waals surface area contributed by atoms with Gasteiger partial charge in [-0.1, -0.05) is 40.5 Å². The van der Waals surface area contributed by atoms with E-state index in [0.717, 1.165) is 13.2 Å². The molecule has 2 nitrogen and oxygen atoms in total. The van der Waals surface area contributed by atoms with E-state index in [0.29, 0.717) is 11.5 Å². The van der Waals surface area contributed by atoms with Crippen molar-refractivity contribution in [2.45, 2.75) is 91.2 Å². The molecule has 1 fully saturated rings. The number of rotatable bonds is 8. The molecule has 0 aromatic carbocycles. The molecule has 1 unspecified atom stereocenters. The van der Waals surface area contributed by atoms with Gasteiger partial charge in [0.1, 0.15) is 0 Å². The second-order valence-electron chi connectivity index (χ2n) is 7.31.